The maximum atomic E-state index is 12.6. The Labute approximate surface area is 213 Å². The highest BCUT2D eigenvalue weighted by atomic mass is 35.5. The molecule has 0 aliphatic rings. The van der Waals surface area contributed by atoms with Crippen LogP contribution in [0.3, 0.4) is 0 Å². The highest BCUT2D eigenvalue weighted by molar-refractivity contribution is 6.31. The molecular weight excluding hydrogens is 493 g/mol. The molecule has 0 radical (unpaired) electrons. The van der Waals surface area contributed by atoms with E-state index >= 15 is 0 Å². The molecule has 0 spiro atoms. The fourth-order valence-electron chi connectivity index (χ4n) is 2.99. The van der Waals surface area contributed by atoms with Crippen LogP contribution in [0.25, 0.3) is 0 Å². The van der Waals surface area contributed by atoms with Crippen LogP contribution < -0.4 is 25.8 Å². The highest BCUT2D eigenvalue weighted by Crippen LogP contribution is 2.23. The van der Waals surface area contributed by atoms with Crippen LogP contribution in [-0.2, 0) is 17.9 Å². The van der Waals surface area contributed by atoms with E-state index in [4.69, 9.17) is 32.2 Å². The number of nitrogens with zero attached hydrogens (tertiary/aromatic N) is 1. The van der Waals surface area contributed by atoms with Gasteiger partial charge in [0, 0.05) is 47.2 Å². The summed E-state index contributed by atoms with van der Waals surface area (Å²) in [6.45, 7) is 0.169. The Morgan fingerprint density at radius 2 is 1.89 bits per heavy atom. The lowest BCUT2D eigenvalue weighted by atomic mass is 10.1. The van der Waals surface area contributed by atoms with Gasteiger partial charge >= 0.3 is 0 Å². The molecule has 0 bridgehead atoms. The normalized spacial score (nSPS) is 10.0. The van der Waals surface area contributed by atoms with E-state index in [1.54, 1.807) is 48.8 Å². The first-order valence-corrected chi connectivity index (χ1v) is 10.6. The monoisotopic (exact) mass is 517 g/mol. The Hall–Kier alpha value is -3.82. The highest BCUT2D eigenvalue weighted by Gasteiger charge is 2.13. The first-order valence-electron chi connectivity index (χ1n) is 10.2. The van der Waals surface area contributed by atoms with Crippen molar-refractivity contribution in [1.29, 1.82) is 5.41 Å². The van der Waals surface area contributed by atoms with Gasteiger partial charge in [0.2, 0.25) is 0 Å². The molecule has 0 aliphatic carbocycles. The summed E-state index contributed by atoms with van der Waals surface area (Å²) in [5, 5.41) is 13.6. The van der Waals surface area contributed by atoms with Gasteiger partial charge in [-0.3, -0.25) is 20.0 Å². The maximum Gasteiger partial charge on any atom is 0.258 e. The Bertz CT molecular complexity index is 1190. The van der Waals surface area contributed by atoms with E-state index in [0.717, 1.165) is 5.56 Å². The van der Waals surface area contributed by atoms with Crippen LogP contribution in [0.15, 0.2) is 60.9 Å². The van der Waals surface area contributed by atoms with E-state index in [1.807, 2.05) is 6.07 Å². The van der Waals surface area contributed by atoms with Crippen LogP contribution >= 0.6 is 24.0 Å². The van der Waals surface area contributed by atoms with Gasteiger partial charge in [-0.15, -0.1) is 12.4 Å². The SMILES string of the molecule is COc1cc(Cl)cc(C(=O)NCc2ccc(C(=N)N)cc2OCC(=O)NCc2cccnc2)c1.Cl. The van der Waals surface area contributed by atoms with Crippen LogP contribution in [0.2, 0.25) is 5.02 Å². The van der Waals surface area contributed by atoms with Crippen molar-refractivity contribution in [2.45, 2.75) is 13.1 Å². The number of nitrogen functional groups attached to an aromatic ring is 1. The Morgan fingerprint density at radius 1 is 1.09 bits per heavy atom. The van der Waals surface area contributed by atoms with Gasteiger partial charge in [-0.1, -0.05) is 29.8 Å². The third kappa shape index (κ3) is 8.16. The predicted octanol–water partition coefficient (Wildman–Crippen LogP) is 3.07. The Morgan fingerprint density at radius 3 is 2.57 bits per heavy atom. The second-order valence-electron chi connectivity index (χ2n) is 7.23. The third-order valence-electron chi connectivity index (χ3n) is 4.76. The molecule has 2 amide bonds. The molecule has 1 aromatic heterocycles. The van der Waals surface area contributed by atoms with Crippen molar-refractivity contribution in [3.05, 3.63) is 88.2 Å². The van der Waals surface area contributed by atoms with E-state index < -0.39 is 0 Å². The number of amidine groups is 1. The van der Waals surface area contributed by atoms with Gasteiger partial charge in [0.15, 0.2) is 6.61 Å². The zero-order valence-electron chi connectivity index (χ0n) is 18.8. The fraction of sp³-hybridized carbons (Fsp3) is 0.167. The average Bonchev–Trinajstić information content (AvgIpc) is 2.85. The van der Waals surface area contributed by atoms with Crippen LogP contribution in [0.1, 0.15) is 27.0 Å². The number of methoxy groups -OCH3 is 1. The molecule has 0 fully saturated rings. The third-order valence-corrected chi connectivity index (χ3v) is 4.98. The number of ether oxygens (including phenoxy) is 2. The average molecular weight is 518 g/mol. The Balaban J connectivity index is 0.00000432. The van der Waals surface area contributed by atoms with Gasteiger partial charge in [-0.05, 0) is 35.9 Å². The maximum absolute atomic E-state index is 12.6. The second-order valence-corrected chi connectivity index (χ2v) is 7.66. The number of hydrogen-bond acceptors (Lipinski definition) is 6. The van der Waals surface area contributed by atoms with E-state index in [9.17, 15) is 9.59 Å². The zero-order valence-corrected chi connectivity index (χ0v) is 20.4. The minimum absolute atomic E-state index is 0. The summed E-state index contributed by atoms with van der Waals surface area (Å²) in [5.74, 6) is -0.0554. The molecule has 0 saturated carbocycles. The minimum atomic E-state index is -0.364. The summed E-state index contributed by atoms with van der Waals surface area (Å²) in [5.41, 5.74) is 7.82. The number of carbonyl (C=O) groups excluding carboxylic acids is 2. The standard InChI is InChI=1S/C24H24ClN5O4.ClH/c1-33-20-8-18(7-19(25)10-20)24(32)30-13-17-5-4-16(23(26)27)9-21(17)34-14-22(31)29-12-15-3-2-6-28-11-15;/h2-11H,12-14H2,1H3,(H3,26,27)(H,29,31)(H,30,32);1H. The molecule has 0 saturated heterocycles. The second kappa shape index (κ2) is 13.2. The molecule has 3 aromatic rings. The van der Waals surface area contributed by atoms with Crippen molar-refractivity contribution in [3.63, 3.8) is 0 Å². The van der Waals surface area contributed by atoms with E-state index in [1.165, 1.54) is 13.2 Å². The lowest BCUT2D eigenvalue weighted by molar-refractivity contribution is -0.123. The Kier molecular flexibility index (Phi) is 10.3. The molecule has 11 heteroatoms. The van der Waals surface area contributed by atoms with E-state index in [2.05, 4.69) is 15.6 Å². The number of halogens is 2. The number of nitrogens with one attached hydrogen (secondary N) is 3. The summed E-state index contributed by atoms with van der Waals surface area (Å²) in [6.07, 6.45) is 3.31. The van der Waals surface area contributed by atoms with Gasteiger partial charge in [0.1, 0.15) is 17.3 Å². The van der Waals surface area contributed by atoms with E-state index in [0.29, 0.717) is 39.8 Å². The number of hydrogen-bond donors (Lipinski definition) is 4. The topological polar surface area (TPSA) is 139 Å². The largest absolute Gasteiger partial charge is 0.497 e. The number of aromatic nitrogens is 1. The fourth-order valence-corrected chi connectivity index (χ4v) is 3.21. The molecule has 0 unspecified atom stereocenters. The van der Waals surface area contributed by atoms with Crippen molar-refractivity contribution in [2.24, 2.45) is 5.73 Å². The number of pyridine rings is 1. The van der Waals surface area contributed by atoms with Crippen molar-refractivity contribution >= 4 is 41.7 Å². The van der Waals surface area contributed by atoms with Gasteiger partial charge < -0.3 is 25.8 Å². The van der Waals surface area contributed by atoms with Crippen LogP contribution in [0.4, 0.5) is 0 Å². The predicted molar refractivity (Wildman–Crippen MR) is 135 cm³/mol. The van der Waals surface area contributed by atoms with Gasteiger partial charge in [0.25, 0.3) is 11.8 Å². The summed E-state index contributed by atoms with van der Waals surface area (Å²) in [6, 6.07) is 13.2. The number of nitrogens with two attached hydrogens (primary N) is 1. The summed E-state index contributed by atoms with van der Waals surface area (Å²) < 4.78 is 10.8. The lowest BCUT2D eigenvalue weighted by Crippen LogP contribution is -2.29. The molecule has 5 N–H and O–H groups in total. The van der Waals surface area contributed by atoms with Gasteiger partial charge in [0.05, 0.1) is 7.11 Å². The summed E-state index contributed by atoms with van der Waals surface area (Å²) in [4.78, 5) is 28.9. The van der Waals surface area contributed by atoms with E-state index in [-0.39, 0.29) is 43.2 Å². The van der Waals surface area contributed by atoms with Crippen LogP contribution in [0, 0.1) is 5.41 Å². The molecule has 35 heavy (non-hydrogen) atoms. The van der Waals surface area contributed by atoms with Gasteiger partial charge in [-0.25, -0.2) is 0 Å². The van der Waals surface area contributed by atoms with Crippen molar-refractivity contribution < 1.29 is 19.1 Å². The van der Waals surface area contributed by atoms with Crippen molar-refractivity contribution in [3.8, 4) is 11.5 Å². The molecule has 2 aromatic carbocycles. The minimum Gasteiger partial charge on any atom is -0.497 e. The first kappa shape index (κ1) is 27.4. The summed E-state index contributed by atoms with van der Waals surface area (Å²) >= 11 is 6.04. The smallest absolute Gasteiger partial charge is 0.258 e. The van der Waals surface area contributed by atoms with Crippen molar-refractivity contribution in [1.82, 2.24) is 15.6 Å². The molecule has 1 heterocycles. The number of carbonyl (C=O) groups is 2. The summed E-state index contributed by atoms with van der Waals surface area (Å²) in [7, 11) is 1.49. The quantitative estimate of drug-likeness (QED) is 0.240. The van der Waals surface area contributed by atoms with Crippen molar-refractivity contribution in [2.75, 3.05) is 13.7 Å². The molecule has 0 atom stereocenters. The number of benzene rings is 2. The lowest BCUT2D eigenvalue weighted by Gasteiger charge is -2.14. The molecular formula is C24H25Cl2N5O4. The van der Waals surface area contributed by atoms with Gasteiger partial charge in [-0.2, -0.15) is 0 Å². The number of rotatable bonds is 10. The molecule has 9 nitrogen and oxygen atoms in total. The first-order chi connectivity index (χ1) is 16.4. The number of amides is 2. The molecule has 0 aliphatic heterocycles. The van der Waals surface area contributed by atoms with Crippen LogP contribution in [0.5, 0.6) is 11.5 Å². The molecule has 3 rings (SSSR count). The molecule has 184 valence electrons. The van der Waals surface area contributed by atoms with Crippen LogP contribution in [-0.4, -0.2) is 36.4 Å². The zero-order chi connectivity index (χ0) is 24.5.